The van der Waals surface area contributed by atoms with Crippen LogP contribution in [0.4, 0.5) is 0 Å². The van der Waals surface area contributed by atoms with Gasteiger partial charge >= 0.3 is 0 Å². The van der Waals surface area contributed by atoms with E-state index in [9.17, 15) is 8.42 Å². The summed E-state index contributed by atoms with van der Waals surface area (Å²) in [7, 11) is -3.42. The molecule has 0 aliphatic rings. The topological polar surface area (TPSA) is 46.2 Å². The number of sulfonamides is 1. The van der Waals surface area contributed by atoms with E-state index in [2.05, 4.69) is 20.7 Å². The Balaban J connectivity index is 2.92. The third-order valence-electron chi connectivity index (χ3n) is 1.92. The van der Waals surface area contributed by atoms with Gasteiger partial charge in [0, 0.05) is 11.0 Å². The summed E-state index contributed by atoms with van der Waals surface area (Å²) in [5.41, 5.74) is -0.0751. The molecule has 0 amide bonds. The molecule has 0 heterocycles. The van der Waals surface area contributed by atoms with Crippen molar-refractivity contribution in [3.05, 3.63) is 28.7 Å². The van der Waals surface area contributed by atoms with Crippen LogP contribution in [0.1, 0.15) is 20.8 Å². The van der Waals surface area contributed by atoms with E-state index in [1.807, 2.05) is 20.8 Å². The van der Waals surface area contributed by atoms with Gasteiger partial charge in [-0.2, -0.15) is 0 Å². The van der Waals surface area contributed by atoms with Crippen LogP contribution in [0.2, 0.25) is 0 Å². The molecule has 16 heavy (non-hydrogen) atoms. The molecule has 0 bridgehead atoms. The van der Waals surface area contributed by atoms with E-state index < -0.39 is 10.0 Å². The number of rotatable bonds is 3. The average Bonchev–Trinajstić information content (AvgIpc) is 2.14. The van der Waals surface area contributed by atoms with Crippen molar-refractivity contribution in [2.75, 3.05) is 6.54 Å². The lowest BCUT2D eigenvalue weighted by molar-refractivity contribution is 0.407. The highest BCUT2D eigenvalue weighted by Gasteiger charge is 2.20. The monoisotopic (exact) mass is 305 g/mol. The molecule has 0 fully saturated rings. The Morgan fingerprint density at radius 1 is 1.25 bits per heavy atom. The van der Waals surface area contributed by atoms with E-state index in [4.69, 9.17) is 0 Å². The molecule has 0 aliphatic heterocycles. The maximum Gasteiger partial charge on any atom is 0.241 e. The lowest BCUT2D eigenvalue weighted by atomic mass is 9.98. The van der Waals surface area contributed by atoms with Crippen molar-refractivity contribution < 1.29 is 8.42 Å². The Kier molecular flexibility index (Phi) is 4.15. The Labute approximate surface area is 105 Å². The van der Waals surface area contributed by atoms with E-state index in [0.29, 0.717) is 11.0 Å². The van der Waals surface area contributed by atoms with Crippen LogP contribution in [-0.4, -0.2) is 15.0 Å². The molecule has 1 rings (SSSR count). The van der Waals surface area contributed by atoms with E-state index in [-0.39, 0.29) is 10.3 Å². The maximum absolute atomic E-state index is 12.0. The van der Waals surface area contributed by atoms with E-state index in [0.717, 1.165) is 0 Å². The van der Waals surface area contributed by atoms with Gasteiger partial charge in [-0.3, -0.25) is 0 Å². The third-order valence-corrected chi connectivity index (χ3v) is 4.33. The first-order valence-electron chi connectivity index (χ1n) is 4.97. The number of halogens is 1. The normalized spacial score (nSPS) is 12.8. The number of hydrogen-bond donors (Lipinski definition) is 1. The standard InChI is InChI=1S/C11H16BrNO2S/c1-11(2,3)8-13-16(14,15)10-7-5-4-6-9(10)12/h4-7,13H,8H2,1-3H3. The van der Waals surface area contributed by atoms with Crippen molar-refractivity contribution in [1.82, 2.24) is 4.72 Å². The predicted octanol–water partition coefficient (Wildman–Crippen LogP) is 2.77. The molecule has 1 aromatic rings. The van der Waals surface area contributed by atoms with Crippen molar-refractivity contribution in [2.45, 2.75) is 25.7 Å². The van der Waals surface area contributed by atoms with Gasteiger partial charge in [0.2, 0.25) is 10.0 Å². The molecular formula is C11H16BrNO2S. The first-order chi connectivity index (χ1) is 7.22. The fourth-order valence-corrected chi connectivity index (χ4v) is 3.34. The van der Waals surface area contributed by atoms with Crippen LogP contribution in [0.5, 0.6) is 0 Å². The molecule has 0 radical (unpaired) electrons. The maximum atomic E-state index is 12.0. The SMILES string of the molecule is CC(C)(C)CNS(=O)(=O)c1ccccc1Br. The molecule has 0 aliphatic carbocycles. The minimum Gasteiger partial charge on any atom is -0.211 e. The Bertz CT molecular complexity index is 463. The second-order valence-electron chi connectivity index (χ2n) is 4.82. The highest BCUT2D eigenvalue weighted by Crippen LogP contribution is 2.21. The minimum atomic E-state index is -3.42. The van der Waals surface area contributed by atoms with Gasteiger partial charge in [-0.1, -0.05) is 32.9 Å². The van der Waals surface area contributed by atoms with Gasteiger partial charge in [-0.15, -0.1) is 0 Å². The molecule has 5 heteroatoms. The zero-order valence-corrected chi connectivity index (χ0v) is 12.0. The van der Waals surface area contributed by atoms with E-state index in [1.165, 1.54) is 0 Å². The number of hydrogen-bond acceptors (Lipinski definition) is 2. The van der Waals surface area contributed by atoms with Crippen molar-refractivity contribution >= 4 is 26.0 Å². The third kappa shape index (κ3) is 3.88. The molecule has 0 spiro atoms. The first kappa shape index (κ1) is 13.7. The summed E-state index contributed by atoms with van der Waals surface area (Å²) >= 11 is 3.23. The summed E-state index contributed by atoms with van der Waals surface area (Å²) in [5.74, 6) is 0. The van der Waals surface area contributed by atoms with Crippen molar-refractivity contribution in [2.24, 2.45) is 5.41 Å². The van der Waals surface area contributed by atoms with Crippen LogP contribution in [0, 0.1) is 5.41 Å². The summed E-state index contributed by atoms with van der Waals surface area (Å²) in [6, 6.07) is 6.78. The highest BCUT2D eigenvalue weighted by atomic mass is 79.9. The van der Waals surface area contributed by atoms with E-state index >= 15 is 0 Å². The highest BCUT2D eigenvalue weighted by molar-refractivity contribution is 9.10. The van der Waals surface area contributed by atoms with Gasteiger partial charge in [0.1, 0.15) is 0 Å². The Hall–Kier alpha value is -0.390. The second kappa shape index (κ2) is 4.85. The zero-order valence-electron chi connectivity index (χ0n) is 9.62. The smallest absolute Gasteiger partial charge is 0.211 e. The predicted molar refractivity (Wildman–Crippen MR) is 68.8 cm³/mol. The fraction of sp³-hybridized carbons (Fsp3) is 0.455. The van der Waals surface area contributed by atoms with Crippen molar-refractivity contribution in [3.8, 4) is 0 Å². The summed E-state index contributed by atoms with van der Waals surface area (Å²) in [5, 5.41) is 0. The van der Waals surface area contributed by atoms with Crippen molar-refractivity contribution in [1.29, 1.82) is 0 Å². The van der Waals surface area contributed by atoms with Gasteiger partial charge in [0.25, 0.3) is 0 Å². The first-order valence-corrected chi connectivity index (χ1v) is 7.24. The zero-order chi connectivity index (χ0) is 12.4. The molecule has 1 N–H and O–H groups in total. The lowest BCUT2D eigenvalue weighted by Gasteiger charge is -2.19. The summed E-state index contributed by atoms with van der Waals surface area (Å²) in [6.45, 7) is 6.36. The van der Waals surface area contributed by atoms with Gasteiger partial charge in [-0.05, 0) is 33.5 Å². The van der Waals surface area contributed by atoms with Crippen LogP contribution >= 0.6 is 15.9 Å². The molecule has 3 nitrogen and oxygen atoms in total. The second-order valence-corrected chi connectivity index (χ2v) is 7.41. The molecular weight excluding hydrogens is 290 g/mol. The number of nitrogens with one attached hydrogen (secondary N) is 1. The van der Waals surface area contributed by atoms with Crippen LogP contribution in [0.25, 0.3) is 0 Å². The Morgan fingerprint density at radius 2 is 1.81 bits per heavy atom. The lowest BCUT2D eigenvalue weighted by Crippen LogP contribution is -2.32. The average molecular weight is 306 g/mol. The molecule has 0 atom stereocenters. The molecule has 90 valence electrons. The largest absolute Gasteiger partial charge is 0.241 e. The summed E-state index contributed by atoms with van der Waals surface area (Å²) < 4.78 is 27.1. The molecule has 0 unspecified atom stereocenters. The van der Waals surface area contributed by atoms with Crippen molar-refractivity contribution in [3.63, 3.8) is 0 Å². The van der Waals surface area contributed by atoms with E-state index in [1.54, 1.807) is 24.3 Å². The fourth-order valence-electron chi connectivity index (χ4n) is 1.05. The minimum absolute atomic E-state index is 0.0751. The summed E-state index contributed by atoms with van der Waals surface area (Å²) in [4.78, 5) is 0.277. The van der Waals surface area contributed by atoms with Gasteiger partial charge in [-0.25, -0.2) is 13.1 Å². The summed E-state index contributed by atoms with van der Waals surface area (Å²) in [6.07, 6.45) is 0. The van der Waals surface area contributed by atoms with Crippen LogP contribution in [-0.2, 0) is 10.0 Å². The number of benzene rings is 1. The molecule has 0 saturated heterocycles. The van der Waals surface area contributed by atoms with Gasteiger partial charge in [0.05, 0.1) is 4.90 Å². The van der Waals surface area contributed by atoms with Crippen LogP contribution in [0.3, 0.4) is 0 Å². The van der Waals surface area contributed by atoms with Gasteiger partial charge < -0.3 is 0 Å². The van der Waals surface area contributed by atoms with Crippen LogP contribution < -0.4 is 4.72 Å². The van der Waals surface area contributed by atoms with Crippen LogP contribution in [0.15, 0.2) is 33.6 Å². The quantitative estimate of drug-likeness (QED) is 0.933. The Morgan fingerprint density at radius 3 is 2.31 bits per heavy atom. The molecule has 1 aromatic carbocycles. The molecule has 0 aromatic heterocycles. The van der Waals surface area contributed by atoms with Gasteiger partial charge in [0.15, 0.2) is 0 Å². The molecule has 0 saturated carbocycles.